The summed E-state index contributed by atoms with van der Waals surface area (Å²) in [7, 11) is -3.13. The van der Waals surface area contributed by atoms with E-state index in [2.05, 4.69) is 26.9 Å². The van der Waals surface area contributed by atoms with Crippen molar-refractivity contribution in [3.8, 4) is 0 Å². The minimum Gasteiger partial charge on any atom is -0.453 e. The zero-order valence-corrected chi connectivity index (χ0v) is 22.6. The van der Waals surface area contributed by atoms with E-state index < -0.39 is 28.5 Å². The number of thiazole rings is 1. The molecule has 0 bridgehead atoms. The van der Waals surface area contributed by atoms with Crippen LogP contribution in [0.5, 0.6) is 0 Å². The summed E-state index contributed by atoms with van der Waals surface area (Å²) in [6.07, 6.45) is 3.12. The van der Waals surface area contributed by atoms with Crippen molar-refractivity contribution in [3.05, 3.63) is 57.4 Å². The Kier molecular flexibility index (Phi) is 9.77. The Morgan fingerprint density at radius 1 is 1.22 bits per heavy atom. The van der Waals surface area contributed by atoms with Gasteiger partial charge in [-0.3, -0.25) is 14.1 Å². The number of carbonyl (C=O) groups excluding carboxylic acids is 2. The number of nitrogens with zero attached hydrogens (tertiary/aromatic N) is 1. The van der Waals surface area contributed by atoms with Crippen molar-refractivity contribution in [2.45, 2.75) is 50.4 Å². The van der Waals surface area contributed by atoms with Crippen LogP contribution in [-0.4, -0.2) is 43.1 Å². The minimum absolute atomic E-state index is 0.151. The van der Waals surface area contributed by atoms with Crippen molar-refractivity contribution < 1.29 is 27.3 Å². The number of hydrogen-bond acceptors (Lipinski definition) is 8. The zero-order chi connectivity index (χ0) is 26.3. The lowest BCUT2D eigenvalue weighted by Crippen LogP contribution is -2.48. The molecule has 2 heterocycles. The van der Waals surface area contributed by atoms with Gasteiger partial charge in [0.05, 0.1) is 29.8 Å². The summed E-state index contributed by atoms with van der Waals surface area (Å²) in [4.78, 5) is 29.9. The molecule has 13 heteroatoms. The van der Waals surface area contributed by atoms with Crippen LogP contribution < -0.4 is 15.4 Å². The summed E-state index contributed by atoms with van der Waals surface area (Å²) in [5, 5.41) is 10.7. The van der Waals surface area contributed by atoms with Crippen LogP contribution in [0.15, 0.2) is 41.1 Å². The quantitative estimate of drug-likeness (QED) is 0.302. The first-order valence-corrected chi connectivity index (χ1v) is 14.5. The Labute approximate surface area is 219 Å². The van der Waals surface area contributed by atoms with E-state index in [1.165, 1.54) is 30.6 Å². The largest absolute Gasteiger partial charge is 0.453 e. The molecule has 0 saturated heterocycles. The average molecular weight is 555 g/mol. The van der Waals surface area contributed by atoms with Crippen LogP contribution in [0.25, 0.3) is 0 Å². The van der Waals surface area contributed by atoms with Crippen molar-refractivity contribution in [2.24, 2.45) is 5.92 Å². The van der Waals surface area contributed by atoms with Crippen molar-refractivity contribution in [1.82, 2.24) is 15.6 Å². The Morgan fingerprint density at radius 2 is 1.94 bits per heavy atom. The SMILES string of the molecule is COC(=O)N[C@@H](CC(C)C)C(=O)N[C@@H](Cc1ccc(NS(=O)(=O)O)cc1)c1nc(C2CC=CS2)cs1. The number of benzene rings is 1. The fourth-order valence-electron chi connectivity index (χ4n) is 3.65. The van der Waals surface area contributed by atoms with Gasteiger partial charge in [-0.1, -0.05) is 32.1 Å². The number of anilines is 1. The fraction of sp³-hybridized carbons (Fsp3) is 0.435. The van der Waals surface area contributed by atoms with Crippen LogP contribution >= 0.6 is 23.1 Å². The highest BCUT2D eigenvalue weighted by molar-refractivity contribution is 8.02. The molecule has 0 fully saturated rings. The molecule has 0 saturated carbocycles. The number of thioether (sulfide) groups is 1. The molecule has 36 heavy (non-hydrogen) atoms. The van der Waals surface area contributed by atoms with Gasteiger partial charge in [0.15, 0.2) is 0 Å². The van der Waals surface area contributed by atoms with Gasteiger partial charge in [-0.05, 0) is 48.3 Å². The number of allylic oxidation sites excluding steroid dienone is 1. The van der Waals surface area contributed by atoms with Gasteiger partial charge in [-0.2, -0.15) is 8.42 Å². The number of amides is 2. The van der Waals surface area contributed by atoms with Crippen LogP contribution in [0.4, 0.5) is 10.5 Å². The Balaban J connectivity index is 1.82. The first kappa shape index (κ1) is 28.0. The molecule has 3 rings (SSSR count). The zero-order valence-electron chi connectivity index (χ0n) is 20.1. The van der Waals surface area contributed by atoms with Crippen LogP contribution in [0.1, 0.15) is 54.2 Å². The van der Waals surface area contributed by atoms with Crippen molar-refractivity contribution in [1.29, 1.82) is 0 Å². The molecule has 2 aromatic rings. The topological polar surface area (TPSA) is 147 Å². The van der Waals surface area contributed by atoms with Crippen molar-refractivity contribution >= 4 is 51.1 Å². The summed E-state index contributed by atoms with van der Waals surface area (Å²) >= 11 is 3.16. The first-order valence-electron chi connectivity index (χ1n) is 11.3. The summed E-state index contributed by atoms with van der Waals surface area (Å²) in [5.41, 5.74) is 1.97. The predicted octanol–water partition coefficient (Wildman–Crippen LogP) is 4.22. The maximum absolute atomic E-state index is 13.3. The van der Waals surface area contributed by atoms with E-state index in [0.717, 1.165) is 22.7 Å². The Hall–Kier alpha value is -2.61. The maximum Gasteiger partial charge on any atom is 0.407 e. The molecule has 1 aliphatic rings. The molecular weight excluding hydrogens is 524 g/mol. The van der Waals surface area contributed by atoms with E-state index in [-0.39, 0.29) is 22.8 Å². The van der Waals surface area contributed by atoms with Crippen LogP contribution in [0.3, 0.4) is 0 Å². The molecule has 196 valence electrons. The molecule has 2 amide bonds. The number of aromatic nitrogens is 1. The summed E-state index contributed by atoms with van der Waals surface area (Å²) < 4.78 is 37.8. The first-order chi connectivity index (χ1) is 17.0. The lowest BCUT2D eigenvalue weighted by atomic mass is 10.0. The molecule has 10 nitrogen and oxygen atoms in total. The van der Waals surface area contributed by atoms with E-state index in [0.29, 0.717) is 12.8 Å². The number of carbonyl (C=O) groups is 2. The molecule has 0 aliphatic carbocycles. The van der Waals surface area contributed by atoms with Gasteiger partial charge < -0.3 is 15.4 Å². The number of hydrogen-bond donors (Lipinski definition) is 4. The lowest BCUT2D eigenvalue weighted by molar-refractivity contribution is -0.124. The third-order valence-corrected chi connectivity index (χ3v) is 7.90. The average Bonchev–Trinajstić information content (AvgIpc) is 3.50. The number of nitrogens with one attached hydrogen (secondary N) is 3. The number of methoxy groups -OCH3 is 1. The number of ether oxygens (including phenoxy) is 1. The van der Waals surface area contributed by atoms with E-state index in [1.54, 1.807) is 23.9 Å². The lowest BCUT2D eigenvalue weighted by Gasteiger charge is -2.23. The van der Waals surface area contributed by atoms with Gasteiger partial charge in [0.1, 0.15) is 11.0 Å². The normalized spacial score (nSPS) is 17.0. The van der Waals surface area contributed by atoms with Gasteiger partial charge >= 0.3 is 16.4 Å². The molecular formula is C23H30N4O6S3. The van der Waals surface area contributed by atoms with Crippen molar-refractivity contribution in [2.75, 3.05) is 11.8 Å². The van der Waals surface area contributed by atoms with Gasteiger partial charge in [-0.25, -0.2) is 9.78 Å². The second-order valence-corrected chi connectivity index (χ2v) is 11.9. The Morgan fingerprint density at radius 3 is 2.53 bits per heavy atom. The number of rotatable bonds is 11. The highest BCUT2D eigenvalue weighted by Crippen LogP contribution is 2.39. The third-order valence-electron chi connectivity index (χ3n) is 5.32. The predicted molar refractivity (Wildman–Crippen MR) is 141 cm³/mol. The molecule has 0 radical (unpaired) electrons. The van der Waals surface area contributed by atoms with Gasteiger partial charge in [0.25, 0.3) is 0 Å². The smallest absolute Gasteiger partial charge is 0.407 e. The monoisotopic (exact) mass is 554 g/mol. The second-order valence-electron chi connectivity index (χ2n) is 8.70. The van der Waals surface area contributed by atoms with Crippen LogP contribution in [0.2, 0.25) is 0 Å². The second kappa shape index (κ2) is 12.6. The fourth-order valence-corrected chi connectivity index (χ4v) is 5.99. The van der Waals surface area contributed by atoms with Gasteiger partial charge in [0, 0.05) is 5.38 Å². The molecule has 1 aromatic heterocycles. The van der Waals surface area contributed by atoms with E-state index in [4.69, 9.17) is 9.54 Å². The Bertz CT molecular complexity index is 1170. The highest BCUT2D eigenvalue weighted by Gasteiger charge is 2.27. The molecule has 0 spiro atoms. The molecule has 1 aromatic carbocycles. The maximum atomic E-state index is 13.3. The highest BCUT2D eigenvalue weighted by atomic mass is 32.2. The minimum atomic E-state index is -4.38. The molecule has 3 atom stereocenters. The number of alkyl carbamates (subject to hydrolysis) is 1. The standard InChI is InChI=1S/C23H30N4O6S3/c1-14(2)11-17(26-23(29)33-3)21(28)24-18(22-25-19(13-35-22)20-5-4-10-34-20)12-15-6-8-16(9-7-15)27-36(30,31)32/h4,6-10,13-14,17-18,20,27H,5,11-12H2,1-3H3,(H,24,28)(H,26,29)(H,30,31,32)/t17-,18-,20?/m0/s1. The van der Waals surface area contributed by atoms with E-state index in [9.17, 15) is 18.0 Å². The molecule has 4 N–H and O–H groups in total. The molecule has 1 aliphatic heterocycles. The molecule has 1 unspecified atom stereocenters. The summed E-state index contributed by atoms with van der Waals surface area (Å²) in [6.45, 7) is 3.92. The van der Waals surface area contributed by atoms with E-state index >= 15 is 0 Å². The van der Waals surface area contributed by atoms with Gasteiger partial charge in [0.2, 0.25) is 5.91 Å². The summed E-state index contributed by atoms with van der Waals surface area (Å²) in [5.74, 6) is -0.199. The van der Waals surface area contributed by atoms with Crippen molar-refractivity contribution in [3.63, 3.8) is 0 Å². The van der Waals surface area contributed by atoms with Gasteiger partial charge in [-0.15, -0.1) is 23.1 Å². The van der Waals surface area contributed by atoms with Crippen LogP contribution in [0, 0.1) is 5.92 Å². The third kappa shape index (κ3) is 8.50. The summed E-state index contributed by atoms with van der Waals surface area (Å²) in [6, 6.07) is 5.19. The van der Waals surface area contributed by atoms with Crippen LogP contribution in [-0.2, 0) is 26.3 Å². The van der Waals surface area contributed by atoms with E-state index in [1.807, 2.05) is 23.9 Å².